The molecule has 2 rings (SSSR count). The van der Waals surface area contributed by atoms with Gasteiger partial charge in [0, 0.05) is 6.07 Å². The van der Waals surface area contributed by atoms with Gasteiger partial charge in [-0.2, -0.15) is 10.4 Å². The molecule has 0 atom stereocenters. The molecule has 0 aliphatic heterocycles. The molecule has 6 nitrogen and oxygen atoms in total. The van der Waals surface area contributed by atoms with Gasteiger partial charge in [-0.15, -0.1) is 0 Å². The Morgan fingerprint density at radius 2 is 2.44 bits per heavy atom. The smallest absolute Gasteiger partial charge is 0.347 e. The SMILES string of the molecule is N#CCOc1cccc(-n2cn[nH]c2=O)c1. The maximum Gasteiger partial charge on any atom is 0.347 e. The molecule has 1 aromatic heterocycles. The molecule has 6 heteroatoms. The molecule has 0 unspecified atom stereocenters. The van der Waals surface area contributed by atoms with Crippen LogP contribution in [0.15, 0.2) is 35.4 Å². The van der Waals surface area contributed by atoms with E-state index < -0.39 is 0 Å². The summed E-state index contributed by atoms with van der Waals surface area (Å²) in [5.74, 6) is 0.534. The van der Waals surface area contributed by atoms with Crippen molar-refractivity contribution in [1.29, 1.82) is 5.26 Å². The molecule has 0 aliphatic rings. The van der Waals surface area contributed by atoms with Crippen molar-refractivity contribution < 1.29 is 4.74 Å². The lowest BCUT2D eigenvalue weighted by atomic mass is 10.3. The highest BCUT2D eigenvalue weighted by molar-refractivity contribution is 5.38. The number of hydrogen-bond acceptors (Lipinski definition) is 4. The average Bonchev–Trinajstić information content (AvgIpc) is 2.73. The van der Waals surface area contributed by atoms with Gasteiger partial charge in [-0.1, -0.05) is 6.07 Å². The third-order valence-corrected chi connectivity index (χ3v) is 1.95. The van der Waals surface area contributed by atoms with Gasteiger partial charge in [0.25, 0.3) is 0 Å². The Morgan fingerprint density at radius 1 is 1.56 bits per heavy atom. The summed E-state index contributed by atoms with van der Waals surface area (Å²) < 4.78 is 6.47. The van der Waals surface area contributed by atoms with Gasteiger partial charge in [0.05, 0.1) is 5.69 Å². The van der Waals surface area contributed by atoms with E-state index in [9.17, 15) is 4.79 Å². The van der Waals surface area contributed by atoms with E-state index >= 15 is 0 Å². The second-order valence-electron chi connectivity index (χ2n) is 2.98. The van der Waals surface area contributed by atoms with Crippen molar-refractivity contribution in [3.8, 4) is 17.5 Å². The monoisotopic (exact) mass is 216 g/mol. The predicted octanol–water partition coefficient (Wildman–Crippen LogP) is 0.463. The Labute approximate surface area is 90.7 Å². The summed E-state index contributed by atoms with van der Waals surface area (Å²) in [7, 11) is 0. The van der Waals surface area contributed by atoms with Crippen molar-refractivity contribution in [2.45, 2.75) is 0 Å². The standard InChI is InChI=1S/C10H8N4O2/c11-4-5-16-9-3-1-2-8(6-9)14-7-12-13-10(14)15/h1-3,6-7H,5H2,(H,13,15). The minimum atomic E-state index is -0.322. The van der Waals surface area contributed by atoms with E-state index in [1.807, 2.05) is 6.07 Å². The molecule has 80 valence electrons. The van der Waals surface area contributed by atoms with Crippen LogP contribution in [0.25, 0.3) is 5.69 Å². The highest BCUT2D eigenvalue weighted by atomic mass is 16.5. The molecule has 0 radical (unpaired) electrons. The van der Waals surface area contributed by atoms with Crippen LogP contribution in [-0.4, -0.2) is 21.4 Å². The fourth-order valence-electron chi connectivity index (χ4n) is 1.27. The number of aromatic amines is 1. The van der Waals surface area contributed by atoms with E-state index in [0.29, 0.717) is 11.4 Å². The minimum absolute atomic E-state index is 0.0241. The number of H-pyrrole nitrogens is 1. The van der Waals surface area contributed by atoms with Crippen LogP contribution in [0.3, 0.4) is 0 Å². The first-order valence-electron chi connectivity index (χ1n) is 4.53. The number of nitriles is 1. The molecular formula is C10H8N4O2. The first-order chi connectivity index (χ1) is 7.81. The van der Waals surface area contributed by atoms with Crippen molar-refractivity contribution >= 4 is 0 Å². The van der Waals surface area contributed by atoms with Crippen LogP contribution >= 0.6 is 0 Å². The number of aromatic nitrogens is 3. The molecule has 0 saturated carbocycles. The topological polar surface area (TPSA) is 83.7 Å². The van der Waals surface area contributed by atoms with Gasteiger partial charge in [-0.25, -0.2) is 14.5 Å². The largest absolute Gasteiger partial charge is 0.479 e. The number of hydrogen-bond donors (Lipinski definition) is 1. The zero-order chi connectivity index (χ0) is 11.4. The fourth-order valence-corrected chi connectivity index (χ4v) is 1.27. The van der Waals surface area contributed by atoms with E-state index in [0.717, 1.165) is 0 Å². The second-order valence-corrected chi connectivity index (χ2v) is 2.98. The van der Waals surface area contributed by atoms with E-state index in [4.69, 9.17) is 10.00 Å². The number of benzene rings is 1. The highest BCUT2D eigenvalue weighted by Gasteiger charge is 2.02. The molecular weight excluding hydrogens is 208 g/mol. The second kappa shape index (κ2) is 4.31. The number of rotatable bonds is 3. The number of nitrogens with one attached hydrogen (secondary N) is 1. The van der Waals surface area contributed by atoms with Crippen LogP contribution < -0.4 is 10.4 Å². The number of nitrogens with zero attached hydrogens (tertiary/aromatic N) is 3. The van der Waals surface area contributed by atoms with Crippen molar-refractivity contribution in [2.24, 2.45) is 0 Å². The molecule has 0 spiro atoms. The van der Waals surface area contributed by atoms with Crippen molar-refractivity contribution in [3.05, 3.63) is 41.1 Å². The Balaban J connectivity index is 2.33. The highest BCUT2D eigenvalue weighted by Crippen LogP contribution is 2.14. The van der Waals surface area contributed by atoms with Gasteiger partial charge in [0.1, 0.15) is 18.1 Å². The van der Waals surface area contributed by atoms with Crippen molar-refractivity contribution in [3.63, 3.8) is 0 Å². The van der Waals surface area contributed by atoms with Gasteiger partial charge >= 0.3 is 5.69 Å². The molecule has 0 bridgehead atoms. The number of ether oxygens (including phenoxy) is 1. The molecule has 2 aromatic rings. The summed E-state index contributed by atoms with van der Waals surface area (Å²) in [5.41, 5.74) is 0.312. The van der Waals surface area contributed by atoms with Crippen LogP contribution in [0.4, 0.5) is 0 Å². The molecule has 0 amide bonds. The molecule has 0 aliphatic carbocycles. The zero-order valence-electron chi connectivity index (χ0n) is 8.25. The normalized spacial score (nSPS) is 9.69. The fraction of sp³-hybridized carbons (Fsp3) is 0.100. The molecule has 16 heavy (non-hydrogen) atoms. The summed E-state index contributed by atoms with van der Waals surface area (Å²) in [4.78, 5) is 11.3. The third kappa shape index (κ3) is 1.93. The Hall–Kier alpha value is -2.55. The van der Waals surface area contributed by atoms with E-state index in [1.54, 1.807) is 24.3 Å². The molecule has 0 saturated heterocycles. The maximum atomic E-state index is 11.3. The van der Waals surface area contributed by atoms with E-state index in [1.165, 1.54) is 10.9 Å². The van der Waals surface area contributed by atoms with Crippen LogP contribution in [-0.2, 0) is 0 Å². The average molecular weight is 216 g/mol. The third-order valence-electron chi connectivity index (χ3n) is 1.95. The van der Waals surface area contributed by atoms with Gasteiger partial charge in [-0.05, 0) is 12.1 Å². The Kier molecular flexibility index (Phi) is 2.69. The lowest BCUT2D eigenvalue weighted by Crippen LogP contribution is -2.14. The minimum Gasteiger partial charge on any atom is -0.479 e. The predicted molar refractivity (Wildman–Crippen MR) is 55.3 cm³/mol. The van der Waals surface area contributed by atoms with Crippen molar-refractivity contribution in [2.75, 3.05) is 6.61 Å². The summed E-state index contributed by atoms with van der Waals surface area (Å²) in [6.45, 7) is -0.0241. The lowest BCUT2D eigenvalue weighted by molar-refractivity contribution is 0.368. The molecule has 1 N–H and O–H groups in total. The molecule has 1 heterocycles. The molecule has 0 fully saturated rings. The van der Waals surface area contributed by atoms with Gasteiger partial charge in [0.2, 0.25) is 0 Å². The van der Waals surface area contributed by atoms with Crippen LogP contribution in [0.2, 0.25) is 0 Å². The zero-order valence-corrected chi connectivity index (χ0v) is 8.25. The summed E-state index contributed by atoms with van der Waals surface area (Å²) >= 11 is 0. The van der Waals surface area contributed by atoms with Gasteiger partial charge < -0.3 is 4.74 Å². The first kappa shape index (κ1) is 9.98. The Bertz CT molecular complexity index is 579. The van der Waals surface area contributed by atoms with E-state index in [-0.39, 0.29) is 12.3 Å². The van der Waals surface area contributed by atoms with E-state index in [2.05, 4.69) is 10.2 Å². The van der Waals surface area contributed by atoms with Crippen molar-refractivity contribution in [1.82, 2.24) is 14.8 Å². The maximum absolute atomic E-state index is 11.3. The lowest BCUT2D eigenvalue weighted by Gasteiger charge is -2.04. The molecule has 1 aromatic carbocycles. The van der Waals surface area contributed by atoms with Gasteiger partial charge in [-0.3, -0.25) is 0 Å². The quantitative estimate of drug-likeness (QED) is 0.807. The summed E-state index contributed by atoms with van der Waals surface area (Å²) in [6, 6.07) is 8.73. The van der Waals surface area contributed by atoms with Crippen LogP contribution in [0.1, 0.15) is 0 Å². The first-order valence-corrected chi connectivity index (χ1v) is 4.53. The van der Waals surface area contributed by atoms with Crippen LogP contribution in [0, 0.1) is 11.3 Å². The summed E-state index contributed by atoms with van der Waals surface area (Å²) in [5, 5.41) is 14.3. The van der Waals surface area contributed by atoms with Crippen LogP contribution in [0.5, 0.6) is 5.75 Å². The Morgan fingerprint density at radius 3 is 3.12 bits per heavy atom. The summed E-state index contributed by atoms with van der Waals surface area (Å²) in [6.07, 6.45) is 1.38. The van der Waals surface area contributed by atoms with Gasteiger partial charge in [0.15, 0.2) is 6.61 Å².